The molecule has 0 N–H and O–H groups in total. The number of hydrogen-bond acceptors (Lipinski definition) is 1. The van der Waals surface area contributed by atoms with Crippen molar-refractivity contribution in [2.75, 3.05) is 0 Å². The van der Waals surface area contributed by atoms with E-state index in [1.54, 1.807) is 24.3 Å². The van der Waals surface area contributed by atoms with Crippen molar-refractivity contribution in [3.05, 3.63) is 59.2 Å². The Balaban J connectivity index is 1.78. The highest BCUT2D eigenvalue weighted by Gasteiger charge is 2.22. The van der Waals surface area contributed by atoms with Gasteiger partial charge in [0.2, 0.25) is 0 Å². The standard InChI is InChI=1S/C22H23F2N/c1-2-3-15-4-6-16(7-5-15)17-10-11-20(22(24)12-17)18-8-9-19(14-25)21(23)13-18/h8-13,15-16H,2-7H2,1H3. The van der Waals surface area contributed by atoms with Crippen molar-refractivity contribution in [2.45, 2.75) is 51.4 Å². The summed E-state index contributed by atoms with van der Waals surface area (Å²) < 4.78 is 28.4. The van der Waals surface area contributed by atoms with Crippen molar-refractivity contribution in [2.24, 2.45) is 5.92 Å². The highest BCUT2D eigenvalue weighted by molar-refractivity contribution is 5.65. The molecule has 0 aromatic heterocycles. The molecule has 0 spiro atoms. The molecular formula is C22H23F2N. The summed E-state index contributed by atoms with van der Waals surface area (Å²) in [5, 5.41) is 8.80. The van der Waals surface area contributed by atoms with Crippen molar-refractivity contribution in [3.63, 3.8) is 0 Å². The van der Waals surface area contributed by atoms with E-state index in [1.807, 2.05) is 6.07 Å². The molecule has 1 fully saturated rings. The molecule has 0 atom stereocenters. The van der Waals surface area contributed by atoms with Gasteiger partial charge in [0.15, 0.2) is 0 Å². The summed E-state index contributed by atoms with van der Waals surface area (Å²) in [6, 6.07) is 11.3. The summed E-state index contributed by atoms with van der Waals surface area (Å²) in [5.41, 5.74) is 1.87. The zero-order valence-corrected chi connectivity index (χ0v) is 14.6. The zero-order valence-electron chi connectivity index (χ0n) is 14.6. The van der Waals surface area contributed by atoms with Crippen LogP contribution < -0.4 is 0 Å². The van der Waals surface area contributed by atoms with Crippen LogP contribution in [-0.4, -0.2) is 0 Å². The van der Waals surface area contributed by atoms with Crippen molar-refractivity contribution in [3.8, 4) is 17.2 Å². The predicted molar refractivity (Wildman–Crippen MR) is 96.1 cm³/mol. The molecule has 3 rings (SSSR count). The van der Waals surface area contributed by atoms with E-state index in [-0.39, 0.29) is 11.4 Å². The van der Waals surface area contributed by atoms with Gasteiger partial charge in [0.05, 0.1) is 5.56 Å². The Bertz CT molecular complexity index is 783. The topological polar surface area (TPSA) is 23.8 Å². The smallest absolute Gasteiger partial charge is 0.141 e. The Morgan fingerprint density at radius 2 is 1.76 bits per heavy atom. The third-order valence-electron chi connectivity index (χ3n) is 5.41. The summed E-state index contributed by atoms with van der Waals surface area (Å²) in [6.45, 7) is 2.23. The first-order chi connectivity index (χ1) is 12.1. The fraction of sp³-hybridized carbons (Fsp3) is 0.409. The maximum absolute atomic E-state index is 14.6. The molecule has 2 aromatic rings. The van der Waals surface area contributed by atoms with E-state index in [1.165, 1.54) is 37.8 Å². The minimum atomic E-state index is -0.613. The van der Waals surface area contributed by atoms with Gasteiger partial charge in [0.25, 0.3) is 0 Å². The van der Waals surface area contributed by atoms with Crippen molar-refractivity contribution in [1.29, 1.82) is 5.26 Å². The molecule has 3 heteroatoms. The number of nitriles is 1. The van der Waals surface area contributed by atoms with Crippen LogP contribution in [0.2, 0.25) is 0 Å². The summed E-state index contributed by atoms with van der Waals surface area (Å²) in [6.07, 6.45) is 7.22. The fourth-order valence-electron chi connectivity index (χ4n) is 3.99. The average molecular weight is 339 g/mol. The quantitative estimate of drug-likeness (QED) is 0.617. The number of rotatable bonds is 4. The van der Waals surface area contributed by atoms with E-state index in [0.29, 0.717) is 17.0 Å². The lowest BCUT2D eigenvalue weighted by Crippen LogP contribution is -2.13. The van der Waals surface area contributed by atoms with Crippen molar-refractivity contribution < 1.29 is 8.78 Å². The van der Waals surface area contributed by atoms with E-state index in [9.17, 15) is 8.78 Å². The number of nitrogens with zero attached hydrogens (tertiary/aromatic N) is 1. The molecule has 0 heterocycles. The van der Waals surface area contributed by atoms with E-state index < -0.39 is 5.82 Å². The SMILES string of the molecule is CCCC1CCC(c2ccc(-c3ccc(C#N)c(F)c3)c(F)c2)CC1. The van der Waals surface area contributed by atoms with Gasteiger partial charge in [-0.15, -0.1) is 0 Å². The average Bonchev–Trinajstić information content (AvgIpc) is 2.62. The third kappa shape index (κ3) is 3.90. The molecule has 2 aromatic carbocycles. The van der Waals surface area contributed by atoms with Crippen LogP contribution in [0.1, 0.15) is 62.5 Å². The van der Waals surface area contributed by atoms with Gasteiger partial charge in [-0.25, -0.2) is 8.78 Å². The number of hydrogen-bond donors (Lipinski definition) is 0. The summed E-state index contributed by atoms with van der Waals surface area (Å²) in [4.78, 5) is 0. The number of benzene rings is 2. The van der Waals surface area contributed by atoms with Gasteiger partial charge in [-0.3, -0.25) is 0 Å². The lowest BCUT2D eigenvalue weighted by atomic mass is 9.77. The molecule has 0 amide bonds. The second-order valence-corrected chi connectivity index (χ2v) is 7.05. The van der Waals surface area contributed by atoms with Gasteiger partial charge in [0, 0.05) is 5.56 Å². The van der Waals surface area contributed by atoms with Crippen LogP contribution in [-0.2, 0) is 0 Å². The molecule has 25 heavy (non-hydrogen) atoms. The first-order valence-corrected chi connectivity index (χ1v) is 9.11. The van der Waals surface area contributed by atoms with Gasteiger partial charge < -0.3 is 0 Å². The second kappa shape index (κ2) is 7.78. The first kappa shape index (κ1) is 17.6. The molecular weight excluding hydrogens is 316 g/mol. The largest absolute Gasteiger partial charge is 0.206 e. The molecule has 0 unspecified atom stereocenters. The fourth-order valence-corrected chi connectivity index (χ4v) is 3.99. The zero-order chi connectivity index (χ0) is 17.8. The molecule has 1 aliphatic carbocycles. The van der Waals surface area contributed by atoms with Gasteiger partial charge in [-0.05, 0) is 66.8 Å². The van der Waals surface area contributed by atoms with Crippen LogP contribution in [0.5, 0.6) is 0 Å². The molecule has 1 saturated carbocycles. The van der Waals surface area contributed by atoms with Gasteiger partial charge >= 0.3 is 0 Å². The Kier molecular flexibility index (Phi) is 5.48. The molecule has 0 bridgehead atoms. The van der Waals surface area contributed by atoms with Crippen molar-refractivity contribution >= 4 is 0 Å². The van der Waals surface area contributed by atoms with Crippen LogP contribution >= 0.6 is 0 Å². The molecule has 0 aliphatic heterocycles. The molecule has 1 nitrogen and oxygen atoms in total. The van der Waals surface area contributed by atoms with Crippen molar-refractivity contribution in [1.82, 2.24) is 0 Å². The van der Waals surface area contributed by atoms with Gasteiger partial charge in [0.1, 0.15) is 17.7 Å². The first-order valence-electron chi connectivity index (χ1n) is 9.11. The van der Waals surface area contributed by atoms with E-state index in [4.69, 9.17) is 5.26 Å². The van der Waals surface area contributed by atoms with E-state index in [2.05, 4.69) is 6.92 Å². The minimum Gasteiger partial charge on any atom is -0.206 e. The third-order valence-corrected chi connectivity index (χ3v) is 5.41. The summed E-state index contributed by atoms with van der Waals surface area (Å²) in [5.74, 6) is 0.316. The second-order valence-electron chi connectivity index (χ2n) is 7.05. The van der Waals surface area contributed by atoms with Gasteiger partial charge in [-0.1, -0.05) is 38.0 Å². The van der Waals surface area contributed by atoms with Gasteiger partial charge in [-0.2, -0.15) is 5.26 Å². The van der Waals surface area contributed by atoms with Crippen LogP contribution in [0.3, 0.4) is 0 Å². The van der Waals surface area contributed by atoms with E-state index >= 15 is 0 Å². The monoisotopic (exact) mass is 339 g/mol. The Morgan fingerprint density at radius 1 is 1.00 bits per heavy atom. The Morgan fingerprint density at radius 3 is 2.36 bits per heavy atom. The predicted octanol–water partition coefficient (Wildman–Crippen LogP) is 6.58. The lowest BCUT2D eigenvalue weighted by molar-refractivity contribution is 0.308. The molecule has 0 radical (unpaired) electrons. The van der Waals surface area contributed by atoms with E-state index in [0.717, 1.165) is 24.3 Å². The van der Waals surface area contributed by atoms with Crippen LogP contribution in [0.4, 0.5) is 8.78 Å². The van der Waals surface area contributed by atoms with Crippen LogP contribution in [0.25, 0.3) is 11.1 Å². The number of halogens is 2. The minimum absolute atomic E-state index is 0.0235. The lowest BCUT2D eigenvalue weighted by Gasteiger charge is -2.28. The maximum Gasteiger partial charge on any atom is 0.141 e. The maximum atomic E-state index is 14.6. The Labute approximate surface area is 148 Å². The summed E-state index contributed by atoms with van der Waals surface area (Å²) in [7, 11) is 0. The molecule has 130 valence electrons. The summed E-state index contributed by atoms with van der Waals surface area (Å²) >= 11 is 0. The Hall–Kier alpha value is -2.21. The van der Waals surface area contributed by atoms with Crippen LogP contribution in [0.15, 0.2) is 36.4 Å². The molecule has 0 saturated heterocycles. The molecule has 1 aliphatic rings. The highest BCUT2D eigenvalue weighted by Crippen LogP contribution is 2.38. The highest BCUT2D eigenvalue weighted by atomic mass is 19.1. The normalized spacial score (nSPS) is 20.2. The van der Waals surface area contributed by atoms with Crippen LogP contribution in [0, 0.1) is 28.9 Å².